The molecule has 0 aliphatic heterocycles. The van der Waals surface area contributed by atoms with E-state index in [1.54, 1.807) is 7.11 Å². The molecule has 1 aromatic rings. The lowest BCUT2D eigenvalue weighted by molar-refractivity contribution is 0.199. The first-order valence-corrected chi connectivity index (χ1v) is 5.88. The highest BCUT2D eigenvalue weighted by atomic mass is 19.1. The molecular formula is C13H20FNO2. The van der Waals surface area contributed by atoms with Crippen LogP contribution in [0.25, 0.3) is 0 Å². The molecule has 1 rings (SSSR count). The van der Waals surface area contributed by atoms with Gasteiger partial charge in [0, 0.05) is 26.3 Å². The molecule has 0 heterocycles. The van der Waals surface area contributed by atoms with Crippen LogP contribution in [0.2, 0.25) is 0 Å². The van der Waals surface area contributed by atoms with E-state index in [1.165, 1.54) is 12.1 Å². The van der Waals surface area contributed by atoms with Gasteiger partial charge in [-0.2, -0.15) is 0 Å². The standard InChI is InChI=1S/C13H20FNO2/c1-3-5-17-13-8-11(7-12(14)9-13)10-15-4-6-16-2/h7-9,15H,3-6,10H2,1-2H3. The molecule has 0 amide bonds. The Balaban J connectivity index is 2.50. The van der Waals surface area contributed by atoms with E-state index in [0.717, 1.165) is 18.5 Å². The Hall–Kier alpha value is -1.13. The minimum Gasteiger partial charge on any atom is -0.493 e. The van der Waals surface area contributed by atoms with Crippen LogP contribution in [-0.2, 0) is 11.3 Å². The van der Waals surface area contributed by atoms with Gasteiger partial charge in [0.15, 0.2) is 0 Å². The molecule has 0 saturated heterocycles. The summed E-state index contributed by atoms with van der Waals surface area (Å²) in [6.07, 6.45) is 0.915. The second kappa shape index (κ2) is 8.03. The highest BCUT2D eigenvalue weighted by molar-refractivity contribution is 5.29. The number of hydrogen-bond acceptors (Lipinski definition) is 3. The summed E-state index contributed by atoms with van der Waals surface area (Å²) in [7, 11) is 1.65. The van der Waals surface area contributed by atoms with E-state index in [-0.39, 0.29) is 5.82 Å². The highest BCUT2D eigenvalue weighted by Gasteiger charge is 2.01. The summed E-state index contributed by atoms with van der Waals surface area (Å²) < 4.78 is 23.6. The Kier molecular flexibility index (Phi) is 6.58. The largest absolute Gasteiger partial charge is 0.493 e. The number of benzene rings is 1. The van der Waals surface area contributed by atoms with Crippen LogP contribution in [-0.4, -0.2) is 26.9 Å². The second-order valence-electron chi connectivity index (χ2n) is 3.81. The van der Waals surface area contributed by atoms with Crippen molar-refractivity contribution in [3.05, 3.63) is 29.6 Å². The number of halogens is 1. The molecule has 1 aromatic carbocycles. The maximum absolute atomic E-state index is 13.3. The molecule has 96 valence electrons. The van der Waals surface area contributed by atoms with E-state index in [9.17, 15) is 4.39 Å². The normalized spacial score (nSPS) is 10.5. The summed E-state index contributed by atoms with van der Waals surface area (Å²) in [5.74, 6) is 0.331. The molecular weight excluding hydrogens is 221 g/mol. The molecule has 0 bridgehead atoms. The Bertz CT molecular complexity index is 331. The molecule has 0 aliphatic rings. The molecule has 0 spiro atoms. The van der Waals surface area contributed by atoms with Crippen molar-refractivity contribution >= 4 is 0 Å². The molecule has 17 heavy (non-hydrogen) atoms. The molecule has 0 fully saturated rings. The van der Waals surface area contributed by atoms with Gasteiger partial charge in [-0.25, -0.2) is 4.39 Å². The minimum atomic E-state index is -0.262. The molecule has 0 atom stereocenters. The molecule has 0 unspecified atom stereocenters. The van der Waals surface area contributed by atoms with Crippen molar-refractivity contribution in [3.63, 3.8) is 0 Å². The summed E-state index contributed by atoms with van der Waals surface area (Å²) in [4.78, 5) is 0. The van der Waals surface area contributed by atoms with Crippen LogP contribution >= 0.6 is 0 Å². The first-order chi connectivity index (χ1) is 8.26. The molecule has 3 nitrogen and oxygen atoms in total. The number of rotatable bonds is 8. The summed E-state index contributed by atoms with van der Waals surface area (Å²) >= 11 is 0. The van der Waals surface area contributed by atoms with Gasteiger partial charge in [0.2, 0.25) is 0 Å². The SMILES string of the molecule is CCCOc1cc(F)cc(CNCCOC)c1. The number of hydrogen-bond donors (Lipinski definition) is 1. The Labute approximate surface area is 102 Å². The Morgan fingerprint density at radius 3 is 2.76 bits per heavy atom. The van der Waals surface area contributed by atoms with Crippen LogP contribution in [0.5, 0.6) is 5.75 Å². The monoisotopic (exact) mass is 241 g/mol. The van der Waals surface area contributed by atoms with Gasteiger partial charge in [0.05, 0.1) is 13.2 Å². The topological polar surface area (TPSA) is 30.5 Å². The fourth-order valence-electron chi connectivity index (χ4n) is 1.43. The molecule has 0 radical (unpaired) electrons. The first kappa shape index (κ1) is 13.9. The average molecular weight is 241 g/mol. The Morgan fingerprint density at radius 2 is 2.06 bits per heavy atom. The minimum absolute atomic E-state index is 0.262. The number of ether oxygens (including phenoxy) is 2. The van der Waals surface area contributed by atoms with E-state index >= 15 is 0 Å². The molecule has 0 saturated carbocycles. The van der Waals surface area contributed by atoms with E-state index in [2.05, 4.69) is 5.32 Å². The Morgan fingerprint density at radius 1 is 1.24 bits per heavy atom. The van der Waals surface area contributed by atoms with Crippen molar-refractivity contribution in [1.82, 2.24) is 5.32 Å². The van der Waals surface area contributed by atoms with Crippen LogP contribution in [0.4, 0.5) is 4.39 Å². The van der Waals surface area contributed by atoms with Crippen LogP contribution < -0.4 is 10.1 Å². The maximum Gasteiger partial charge on any atom is 0.127 e. The van der Waals surface area contributed by atoms with E-state index in [4.69, 9.17) is 9.47 Å². The van der Waals surface area contributed by atoms with Crippen LogP contribution in [0.3, 0.4) is 0 Å². The fourth-order valence-corrected chi connectivity index (χ4v) is 1.43. The second-order valence-corrected chi connectivity index (χ2v) is 3.81. The van der Waals surface area contributed by atoms with Crippen LogP contribution in [0, 0.1) is 5.82 Å². The first-order valence-electron chi connectivity index (χ1n) is 5.88. The molecule has 0 aliphatic carbocycles. The van der Waals surface area contributed by atoms with Gasteiger partial charge in [-0.3, -0.25) is 0 Å². The molecule has 0 aromatic heterocycles. The van der Waals surface area contributed by atoms with Crippen LogP contribution in [0.15, 0.2) is 18.2 Å². The molecule has 4 heteroatoms. The van der Waals surface area contributed by atoms with Crippen molar-refractivity contribution in [1.29, 1.82) is 0 Å². The van der Waals surface area contributed by atoms with Gasteiger partial charge in [0.1, 0.15) is 11.6 Å². The average Bonchev–Trinajstić information content (AvgIpc) is 2.31. The van der Waals surface area contributed by atoms with Gasteiger partial charge >= 0.3 is 0 Å². The number of methoxy groups -OCH3 is 1. The lowest BCUT2D eigenvalue weighted by Crippen LogP contribution is -2.18. The third-order valence-electron chi connectivity index (χ3n) is 2.22. The van der Waals surface area contributed by atoms with Crippen molar-refractivity contribution in [2.45, 2.75) is 19.9 Å². The smallest absolute Gasteiger partial charge is 0.127 e. The highest BCUT2D eigenvalue weighted by Crippen LogP contribution is 2.16. The number of nitrogens with one attached hydrogen (secondary N) is 1. The predicted molar refractivity (Wildman–Crippen MR) is 65.8 cm³/mol. The van der Waals surface area contributed by atoms with Crippen molar-refractivity contribution < 1.29 is 13.9 Å². The maximum atomic E-state index is 13.3. The van der Waals surface area contributed by atoms with Gasteiger partial charge in [-0.1, -0.05) is 6.92 Å². The van der Waals surface area contributed by atoms with E-state index in [0.29, 0.717) is 25.5 Å². The van der Waals surface area contributed by atoms with Crippen molar-refractivity contribution in [2.24, 2.45) is 0 Å². The summed E-state index contributed by atoms with van der Waals surface area (Å²) in [5.41, 5.74) is 0.882. The predicted octanol–water partition coefficient (Wildman–Crippen LogP) is 2.35. The zero-order valence-corrected chi connectivity index (χ0v) is 10.5. The third kappa shape index (κ3) is 5.65. The van der Waals surface area contributed by atoms with Gasteiger partial charge < -0.3 is 14.8 Å². The fraction of sp³-hybridized carbons (Fsp3) is 0.538. The van der Waals surface area contributed by atoms with Crippen LogP contribution in [0.1, 0.15) is 18.9 Å². The quantitative estimate of drug-likeness (QED) is 0.709. The zero-order chi connectivity index (χ0) is 12.5. The van der Waals surface area contributed by atoms with Gasteiger partial charge in [0.25, 0.3) is 0 Å². The molecule has 1 N–H and O–H groups in total. The van der Waals surface area contributed by atoms with E-state index < -0.39 is 0 Å². The van der Waals surface area contributed by atoms with E-state index in [1.807, 2.05) is 13.0 Å². The lowest BCUT2D eigenvalue weighted by Gasteiger charge is -2.08. The van der Waals surface area contributed by atoms with Gasteiger partial charge in [-0.15, -0.1) is 0 Å². The summed E-state index contributed by atoms with van der Waals surface area (Å²) in [6.45, 7) is 4.64. The summed E-state index contributed by atoms with van der Waals surface area (Å²) in [5, 5.41) is 3.17. The lowest BCUT2D eigenvalue weighted by atomic mass is 10.2. The van der Waals surface area contributed by atoms with Crippen molar-refractivity contribution in [3.8, 4) is 5.75 Å². The summed E-state index contributed by atoms with van der Waals surface area (Å²) in [6, 6.07) is 4.78. The van der Waals surface area contributed by atoms with Crippen molar-refractivity contribution in [2.75, 3.05) is 26.9 Å². The van der Waals surface area contributed by atoms with Gasteiger partial charge in [-0.05, 0) is 24.1 Å². The third-order valence-corrected chi connectivity index (χ3v) is 2.22. The zero-order valence-electron chi connectivity index (χ0n) is 10.5.